The highest BCUT2D eigenvalue weighted by Crippen LogP contribution is 2.01. The van der Waals surface area contributed by atoms with E-state index >= 15 is 0 Å². The molecule has 0 aliphatic rings. The van der Waals surface area contributed by atoms with Crippen molar-refractivity contribution >= 4 is 0 Å². The van der Waals surface area contributed by atoms with Crippen molar-refractivity contribution in [1.29, 1.82) is 0 Å². The Morgan fingerprint density at radius 2 is 2.11 bits per heavy atom. The summed E-state index contributed by atoms with van der Waals surface area (Å²) in [6, 6.07) is 0. The van der Waals surface area contributed by atoms with Gasteiger partial charge in [0, 0.05) is 6.54 Å². The molecule has 9 heavy (non-hydrogen) atoms. The van der Waals surface area contributed by atoms with E-state index in [2.05, 4.69) is 24.7 Å². The minimum absolute atomic E-state index is 0.794. The number of hydrogen-bond donors (Lipinski definition) is 2. The van der Waals surface area contributed by atoms with Gasteiger partial charge in [-0.2, -0.15) is 0 Å². The second-order valence-electron chi connectivity index (χ2n) is 2.52. The minimum Gasteiger partial charge on any atom is -0.261 e. The smallest absolute Gasteiger partial charge is 0.0125 e. The van der Waals surface area contributed by atoms with Gasteiger partial charge in [0.05, 0.1) is 0 Å². The van der Waals surface area contributed by atoms with Crippen molar-refractivity contribution in [1.82, 2.24) is 10.9 Å². The summed E-state index contributed by atoms with van der Waals surface area (Å²) in [6.07, 6.45) is 2.60. The van der Waals surface area contributed by atoms with Crippen LogP contribution in [-0.2, 0) is 0 Å². The van der Waals surface area contributed by atoms with Gasteiger partial charge in [0.25, 0.3) is 0 Å². The highest BCUT2D eigenvalue weighted by atomic mass is 15.3. The highest BCUT2D eigenvalue weighted by molar-refractivity contribution is 4.52. The van der Waals surface area contributed by atoms with Crippen molar-refractivity contribution in [3.63, 3.8) is 0 Å². The maximum Gasteiger partial charge on any atom is 0.0125 e. The van der Waals surface area contributed by atoms with Crippen molar-refractivity contribution in [3.8, 4) is 0 Å². The quantitative estimate of drug-likeness (QED) is 0.545. The van der Waals surface area contributed by atoms with Crippen LogP contribution >= 0.6 is 0 Å². The summed E-state index contributed by atoms with van der Waals surface area (Å²) >= 11 is 0. The number of nitrogens with one attached hydrogen (secondary N) is 2. The molecule has 0 aromatic carbocycles. The van der Waals surface area contributed by atoms with Gasteiger partial charge in [-0.1, -0.05) is 20.3 Å². The molecule has 2 N–H and O–H groups in total. The molecule has 2 heteroatoms. The van der Waals surface area contributed by atoms with Crippen LogP contribution in [0.5, 0.6) is 0 Å². The second-order valence-corrected chi connectivity index (χ2v) is 2.52. The zero-order chi connectivity index (χ0) is 7.11. The Labute approximate surface area is 58.0 Å². The molecule has 0 fully saturated rings. The first kappa shape index (κ1) is 8.92. The monoisotopic (exact) mass is 130 g/mol. The Balaban J connectivity index is 2.95. The van der Waals surface area contributed by atoms with Crippen molar-refractivity contribution in [3.05, 3.63) is 0 Å². The summed E-state index contributed by atoms with van der Waals surface area (Å²) in [6.45, 7) is 5.55. The van der Waals surface area contributed by atoms with E-state index in [1.165, 1.54) is 12.8 Å². The largest absolute Gasteiger partial charge is 0.261 e. The summed E-state index contributed by atoms with van der Waals surface area (Å²) in [7, 11) is 1.90. The summed E-state index contributed by atoms with van der Waals surface area (Å²) in [5, 5.41) is 0. The molecule has 1 atom stereocenters. The lowest BCUT2D eigenvalue weighted by molar-refractivity contribution is 0.448. The Morgan fingerprint density at radius 3 is 2.56 bits per heavy atom. The van der Waals surface area contributed by atoms with Crippen LogP contribution in [0, 0.1) is 5.92 Å². The van der Waals surface area contributed by atoms with Gasteiger partial charge >= 0.3 is 0 Å². The van der Waals surface area contributed by atoms with Crippen molar-refractivity contribution < 1.29 is 0 Å². The Bertz CT molecular complexity index is 54.9. The molecule has 0 aromatic rings. The lowest BCUT2D eigenvalue weighted by atomic mass is 10.1. The normalized spacial score (nSPS) is 13.7. The molecule has 0 aliphatic carbocycles. The first-order valence-electron chi connectivity index (χ1n) is 3.70. The summed E-state index contributed by atoms with van der Waals surface area (Å²) in [5.74, 6) is 0.794. The average molecular weight is 130 g/mol. The maximum atomic E-state index is 3.08. The van der Waals surface area contributed by atoms with E-state index in [-0.39, 0.29) is 0 Å². The molecule has 0 spiro atoms. The van der Waals surface area contributed by atoms with Crippen LogP contribution in [0.15, 0.2) is 0 Å². The average Bonchev–Trinajstić information content (AvgIpc) is 1.85. The molecule has 1 unspecified atom stereocenters. The van der Waals surface area contributed by atoms with E-state index in [0.29, 0.717) is 0 Å². The molecule has 0 radical (unpaired) electrons. The predicted molar refractivity (Wildman–Crippen MR) is 41.1 cm³/mol. The van der Waals surface area contributed by atoms with E-state index in [9.17, 15) is 0 Å². The Kier molecular flexibility index (Phi) is 5.99. The van der Waals surface area contributed by atoms with Gasteiger partial charge in [-0.3, -0.25) is 10.9 Å². The third kappa shape index (κ3) is 5.80. The van der Waals surface area contributed by atoms with Crippen LogP contribution < -0.4 is 10.9 Å². The fraction of sp³-hybridized carbons (Fsp3) is 1.00. The molecule has 2 nitrogen and oxygen atoms in total. The zero-order valence-corrected chi connectivity index (χ0v) is 6.70. The van der Waals surface area contributed by atoms with Gasteiger partial charge in [0.15, 0.2) is 0 Å². The minimum atomic E-state index is 0.794. The molecule has 56 valence electrons. The third-order valence-electron chi connectivity index (χ3n) is 1.41. The molecular formula is C7H18N2. The molecular weight excluding hydrogens is 112 g/mol. The van der Waals surface area contributed by atoms with E-state index in [0.717, 1.165) is 12.5 Å². The van der Waals surface area contributed by atoms with Crippen molar-refractivity contribution in [2.45, 2.75) is 26.7 Å². The van der Waals surface area contributed by atoms with Crippen LogP contribution in [0.3, 0.4) is 0 Å². The molecule has 0 rings (SSSR count). The lowest BCUT2D eigenvalue weighted by Gasteiger charge is -2.09. The van der Waals surface area contributed by atoms with Crippen molar-refractivity contribution in [2.24, 2.45) is 5.92 Å². The van der Waals surface area contributed by atoms with Crippen LogP contribution in [0.25, 0.3) is 0 Å². The first-order valence-corrected chi connectivity index (χ1v) is 3.70. The van der Waals surface area contributed by atoms with E-state index in [1.54, 1.807) is 0 Å². The van der Waals surface area contributed by atoms with Crippen LogP contribution in [-0.4, -0.2) is 13.6 Å². The first-order chi connectivity index (χ1) is 4.31. The standard InChI is InChI=1S/C7H18N2/c1-4-5-7(2)6-9-8-3/h7-9H,4-6H2,1-3H3. The summed E-state index contributed by atoms with van der Waals surface area (Å²) in [5.41, 5.74) is 5.99. The third-order valence-corrected chi connectivity index (χ3v) is 1.41. The van der Waals surface area contributed by atoms with Crippen molar-refractivity contribution in [2.75, 3.05) is 13.6 Å². The Morgan fingerprint density at radius 1 is 1.44 bits per heavy atom. The summed E-state index contributed by atoms with van der Waals surface area (Å²) < 4.78 is 0. The van der Waals surface area contributed by atoms with Crippen LogP contribution in [0.4, 0.5) is 0 Å². The van der Waals surface area contributed by atoms with Gasteiger partial charge in [-0.15, -0.1) is 0 Å². The van der Waals surface area contributed by atoms with Gasteiger partial charge in [-0.25, -0.2) is 0 Å². The van der Waals surface area contributed by atoms with Crippen LogP contribution in [0.2, 0.25) is 0 Å². The maximum absolute atomic E-state index is 3.08. The van der Waals surface area contributed by atoms with E-state index < -0.39 is 0 Å². The molecule has 0 aliphatic heterocycles. The van der Waals surface area contributed by atoms with Gasteiger partial charge in [-0.05, 0) is 19.4 Å². The number of hydrogen-bond acceptors (Lipinski definition) is 2. The lowest BCUT2D eigenvalue weighted by Crippen LogP contribution is -2.31. The van der Waals surface area contributed by atoms with Crippen LogP contribution in [0.1, 0.15) is 26.7 Å². The zero-order valence-electron chi connectivity index (χ0n) is 6.70. The highest BCUT2D eigenvalue weighted by Gasteiger charge is 1.96. The Hall–Kier alpha value is -0.0800. The molecule has 0 aromatic heterocycles. The fourth-order valence-corrected chi connectivity index (χ4v) is 0.871. The van der Waals surface area contributed by atoms with Gasteiger partial charge < -0.3 is 0 Å². The molecule has 0 amide bonds. The number of hydrazine groups is 1. The topological polar surface area (TPSA) is 24.1 Å². The molecule has 0 saturated heterocycles. The molecule has 0 bridgehead atoms. The van der Waals surface area contributed by atoms with Gasteiger partial charge in [0.2, 0.25) is 0 Å². The second kappa shape index (κ2) is 6.05. The van der Waals surface area contributed by atoms with Gasteiger partial charge in [0.1, 0.15) is 0 Å². The fourth-order valence-electron chi connectivity index (χ4n) is 0.871. The molecule has 0 saturated carbocycles. The van der Waals surface area contributed by atoms with E-state index in [4.69, 9.17) is 0 Å². The molecule has 0 heterocycles. The number of rotatable bonds is 5. The SMILES string of the molecule is CCCC(C)CNNC. The summed E-state index contributed by atoms with van der Waals surface area (Å²) in [4.78, 5) is 0. The predicted octanol–water partition coefficient (Wildman–Crippen LogP) is 1.15. The van der Waals surface area contributed by atoms with E-state index in [1.807, 2.05) is 7.05 Å².